The molecule has 5 heteroatoms. The molecule has 0 bridgehead atoms. The second-order valence-electron chi connectivity index (χ2n) is 5.60. The highest BCUT2D eigenvalue weighted by Gasteiger charge is 2.53. The fraction of sp³-hybridized carbons (Fsp3) is 0.467. The Balaban J connectivity index is 2.21. The van der Waals surface area contributed by atoms with Crippen LogP contribution in [0.25, 0.3) is 0 Å². The maximum Gasteiger partial charge on any atom is 0.326 e. The first-order chi connectivity index (χ1) is 9.38. The maximum absolute atomic E-state index is 13.8. The van der Waals surface area contributed by atoms with Crippen molar-refractivity contribution < 1.29 is 19.1 Å². The fourth-order valence-electron chi connectivity index (χ4n) is 2.39. The summed E-state index contributed by atoms with van der Waals surface area (Å²) in [5.41, 5.74) is -0.543. The number of nitrogens with one attached hydrogen (secondary N) is 1. The SMILES string of the molecule is CC(C)C(NC(=O)C1(c2ccccc2F)CC1)C(=O)O. The monoisotopic (exact) mass is 279 g/mol. The minimum absolute atomic E-state index is 0.229. The van der Waals surface area contributed by atoms with Gasteiger partial charge in [-0.05, 0) is 24.8 Å². The second-order valence-corrected chi connectivity index (χ2v) is 5.60. The number of hydrogen-bond donors (Lipinski definition) is 2. The van der Waals surface area contributed by atoms with E-state index >= 15 is 0 Å². The predicted molar refractivity (Wildman–Crippen MR) is 71.7 cm³/mol. The van der Waals surface area contributed by atoms with Gasteiger partial charge in [0.2, 0.25) is 5.91 Å². The number of rotatable bonds is 5. The predicted octanol–water partition coefficient (Wildman–Crippen LogP) is 2.08. The first-order valence-corrected chi connectivity index (χ1v) is 6.67. The molecule has 1 amide bonds. The van der Waals surface area contributed by atoms with Gasteiger partial charge in [0.05, 0.1) is 5.41 Å². The highest BCUT2D eigenvalue weighted by molar-refractivity contribution is 5.94. The number of amides is 1. The lowest BCUT2D eigenvalue weighted by Crippen LogP contribution is -2.48. The fourth-order valence-corrected chi connectivity index (χ4v) is 2.39. The van der Waals surface area contributed by atoms with Crippen molar-refractivity contribution in [3.05, 3.63) is 35.6 Å². The molecule has 1 fully saturated rings. The van der Waals surface area contributed by atoms with E-state index in [2.05, 4.69) is 5.32 Å². The van der Waals surface area contributed by atoms with Crippen molar-refractivity contribution in [2.75, 3.05) is 0 Å². The van der Waals surface area contributed by atoms with Crippen LogP contribution in [0.15, 0.2) is 24.3 Å². The molecule has 1 unspecified atom stereocenters. The van der Waals surface area contributed by atoms with E-state index in [1.54, 1.807) is 32.0 Å². The number of aliphatic carboxylic acids is 1. The standard InChI is InChI=1S/C15H18FNO3/c1-9(2)12(13(18)19)17-14(20)15(7-8-15)10-5-3-4-6-11(10)16/h3-6,9,12H,7-8H2,1-2H3,(H,17,20)(H,18,19). The molecular weight excluding hydrogens is 261 g/mol. The third kappa shape index (κ3) is 2.53. The third-order valence-electron chi connectivity index (χ3n) is 3.79. The Bertz CT molecular complexity index is 538. The lowest BCUT2D eigenvalue weighted by Gasteiger charge is -2.22. The van der Waals surface area contributed by atoms with Crippen LogP contribution >= 0.6 is 0 Å². The van der Waals surface area contributed by atoms with E-state index in [0.29, 0.717) is 18.4 Å². The molecule has 1 saturated carbocycles. The van der Waals surface area contributed by atoms with Crippen LogP contribution in [-0.4, -0.2) is 23.0 Å². The van der Waals surface area contributed by atoms with Crippen molar-refractivity contribution >= 4 is 11.9 Å². The Hall–Kier alpha value is -1.91. The molecule has 0 spiro atoms. The van der Waals surface area contributed by atoms with E-state index in [4.69, 9.17) is 5.11 Å². The van der Waals surface area contributed by atoms with Gasteiger partial charge in [0, 0.05) is 5.56 Å². The highest BCUT2D eigenvalue weighted by atomic mass is 19.1. The quantitative estimate of drug-likeness (QED) is 0.867. The number of halogens is 1. The summed E-state index contributed by atoms with van der Waals surface area (Å²) in [6, 6.07) is 5.21. The molecule has 0 saturated heterocycles. The molecule has 2 rings (SSSR count). The summed E-state index contributed by atoms with van der Waals surface area (Å²) < 4.78 is 13.8. The van der Waals surface area contributed by atoms with E-state index in [0.717, 1.165) is 0 Å². The molecule has 4 nitrogen and oxygen atoms in total. The van der Waals surface area contributed by atoms with Crippen LogP contribution in [0.5, 0.6) is 0 Å². The first-order valence-electron chi connectivity index (χ1n) is 6.67. The van der Waals surface area contributed by atoms with Gasteiger partial charge in [-0.1, -0.05) is 32.0 Å². The smallest absolute Gasteiger partial charge is 0.326 e. The molecule has 1 atom stereocenters. The summed E-state index contributed by atoms with van der Waals surface area (Å²) >= 11 is 0. The molecule has 0 aromatic heterocycles. The third-order valence-corrected chi connectivity index (χ3v) is 3.79. The van der Waals surface area contributed by atoms with Gasteiger partial charge in [-0.2, -0.15) is 0 Å². The van der Waals surface area contributed by atoms with Crippen LogP contribution < -0.4 is 5.32 Å². The normalized spacial score (nSPS) is 17.6. The molecule has 2 N–H and O–H groups in total. The summed E-state index contributed by atoms with van der Waals surface area (Å²) in [5, 5.41) is 11.7. The van der Waals surface area contributed by atoms with Gasteiger partial charge >= 0.3 is 5.97 Å². The molecule has 0 heterocycles. The summed E-state index contributed by atoms with van der Waals surface area (Å²) in [5.74, 6) is -2.12. The van der Waals surface area contributed by atoms with Crippen LogP contribution in [-0.2, 0) is 15.0 Å². The summed E-state index contributed by atoms with van der Waals surface area (Å²) in [4.78, 5) is 23.5. The number of hydrogen-bond acceptors (Lipinski definition) is 2. The minimum atomic E-state index is -1.07. The lowest BCUT2D eigenvalue weighted by molar-refractivity contribution is -0.143. The zero-order valence-electron chi connectivity index (χ0n) is 11.5. The van der Waals surface area contributed by atoms with Gasteiger partial charge in [0.1, 0.15) is 11.9 Å². The highest BCUT2D eigenvalue weighted by Crippen LogP contribution is 2.49. The number of carbonyl (C=O) groups excluding carboxylic acids is 1. The Morgan fingerprint density at radius 3 is 2.35 bits per heavy atom. The molecule has 0 radical (unpaired) electrons. The molecule has 108 valence electrons. The van der Waals surface area contributed by atoms with Crippen LogP contribution in [0.1, 0.15) is 32.3 Å². The molecular formula is C15H18FNO3. The van der Waals surface area contributed by atoms with Gasteiger partial charge < -0.3 is 10.4 Å². The van der Waals surface area contributed by atoms with E-state index in [1.807, 2.05) is 0 Å². The van der Waals surface area contributed by atoms with Crippen LogP contribution in [0.2, 0.25) is 0 Å². The van der Waals surface area contributed by atoms with Gasteiger partial charge in [-0.15, -0.1) is 0 Å². The zero-order valence-corrected chi connectivity index (χ0v) is 11.5. The van der Waals surface area contributed by atoms with Gasteiger partial charge in [0.15, 0.2) is 0 Å². The largest absolute Gasteiger partial charge is 0.480 e. The first kappa shape index (κ1) is 14.5. The van der Waals surface area contributed by atoms with Crippen molar-refractivity contribution in [2.45, 2.75) is 38.1 Å². The Kier molecular flexibility index (Phi) is 3.79. The van der Waals surface area contributed by atoms with Gasteiger partial charge in [-0.25, -0.2) is 9.18 Å². The van der Waals surface area contributed by atoms with Gasteiger partial charge in [-0.3, -0.25) is 4.79 Å². The summed E-state index contributed by atoms with van der Waals surface area (Å²) in [6.45, 7) is 3.45. The van der Waals surface area contributed by atoms with Gasteiger partial charge in [0.25, 0.3) is 0 Å². The number of carbonyl (C=O) groups is 2. The summed E-state index contributed by atoms with van der Waals surface area (Å²) in [6.07, 6.45) is 1.09. The number of benzene rings is 1. The van der Waals surface area contributed by atoms with E-state index < -0.39 is 29.2 Å². The molecule has 20 heavy (non-hydrogen) atoms. The Morgan fingerprint density at radius 2 is 1.90 bits per heavy atom. The van der Waals surface area contributed by atoms with Crippen LogP contribution in [0.4, 0.5) is 4.39 Å². The topological polar surface area (TPSA) is 66.4 Å². The molecule has 1 aromatic rings. The van der Waals surface area contributed by atoms with Crippen molar-refractivity contribution in [1.29, 1.82) is 0 Å². The molecule has 1 aromatic carbocycles. The van der Waals surface area contributed by atoms with Crippen LogP contribution in [0, 0.1) is 11.7 Å². The van der Waals surface area contributed by atoms with Crippen LogP contribution in [0.3, 0.4) is 0 Å². The van der Waals surface area contributed by atoms with E-state index in [-0.39, 0.29) is 5.92 Å². The Morgan fingerprint density at radius 1 is 1.30 bits per heavy atom. The second kappa shape index (κ2) is 5.23. The average molecular weight is 279 g/mol. The van der Waals surface area contributed by atoms with E-state index in [1.165, 1.54) is 6.07 Å². The maximum atomic E-state index is 13.8. The van der Waals surface area contributed by atoms with E-state index in [9.17, 15) is 14.0 Å². The molecule has 1 aliphatic rings. The summed E-state index contributed by atoms with van der Waals surface area (Å²) in [7, 11) is 0. The minimum Gasteiger partial charge on any atom is -0.480 e. The number of carboxylic acids is 1. The average Bonchev–Trinajstić information content (AvgIpc) is 3.16. The lowest BCUT2D eigenvalue weighted by atomic mass is 9.93. The van der Waals surface area contributed by atoms with Crippen molar-refractivity contribution in [1.82, 2.24) is 5.32 Å². The number of carboxylic acid groups (broad SMARTS) is 1. The van der Waals surface area contributed by atoms with Crippen molar-refractivity contribution in [3.63, 3.8) is 0 Å². The Labute approximate surface area is 117 Å². The molecule has 1 aliphatic carbocycles. The van der Waals surface area contributed by atoms with Crippen molar-refractivity contribution in [3.8, 4) is 0 Å². The van der Waals surface area contributed by atoms with Crippen molar-refractivity contribution in [2.24, 2.45) is 5.92 Å². The molecule has 0 aliphatic heterocycles. The zero-order chi connectivity index (χ0) is 14.9.